The van der Waals surface area contributed by atoms with Crippen LogP contribution in [0.5, 0.6) is 11.6 Å². The molecule has 1 fully saturated rings. The van der Waals surface area contributed by atoms with Gasteiger partial charge in [-0.15, -0.1) is 0 Å². The lowest BCUT2D eigenvalue weighted by Gasteiger charge is -2.32. The predicted molar refractivity (Wildman–Crippen MR) is 133 cm³/mol. The topological polar surface area (TPSA) is 63.7 Å². The lowest BCUT2D eigenvalue weighted by Crippen LogP contribution is -2.42. The second-order valence-corrected chi connectivity index (χ2v) is 8.71. The van der Waals surface area contributed by atoms with Gasteiger partial charge in [-0.2, -0.15) is 0 Å². The number of para-hydroxylation sites is 1. The van der Waals surface area contributed by atoms with E-state index < -0.39 is 0 Å². The number of nitrogens with zero attached hydrogens (tertiary/aromatic N) is 2. The highest BCUT2D eigenvalue weighted by atomic mass is 16.5. The molecule has 1 N–H and O–H groups in total. The van der Waals surface area contributed by atoms with Gasteiger partial charge in [0.05, 0.1) is 13.2 Å². The van der Waals surface area contributed by atoms with E-state index in [4.69, 9.17) is 9.47 Å². The lowest BCUT2D eigenvalue weighted by atomic mass is 9.92. The number of nitrogens with one attached hydrogen (secondary N) is 1. The summed E-state index contributed by atoms with van der Waals surface area (Å²) in [7, 11) is 1.60. The van der Waals surface area contributed by atoms with E-state index in [-0.39, 0.29) is 17.9 Å². The van der Waals surface area contributed by atoms with Gasteiger partial charge in [0, 0.05) is 24.7 Å². The molecule has 1 aliphatic heterocycles. The van der Waals surface area contributed by atoms with Crippen molar-refractivity contribution in [3.63, 3.8) is 0 Å². The van der Waals surface area contributed by atoms with Crippen molar-refractivity contribution >= 4 is 5.91 Å². The van der Waals surface area contributed by atoms with Crippen LogP contribution in [0.2, 0.25) is 0 Å². The van der Waals surface area contributed by atoms with Crippen molar-refractivity contribution in [2.24, 2.45) is 5.92 Å². The maximum atomic E-state index is 13.3. The monoisotopic (exact) mass is 459 g/mol. The molecular formula is C28H33N3O3. The largest absolute Gasteiger partial charge is 0.492 e. The van der Waals surface area contributed by atoms with Crippen LogP contribution < -0.4 is 14.8 Å². The third kappa shape index (κ3) is 6.14. The smallest absolute Gasteiger partial charge is 0.223 e. The van der Waals surface area contributed by atoms with E-state index in [2.05, 4.69) is 34.3 Å². The Morgan fingerprint density at radius 3 is 2.47 bits per heavy atom. The van der Waals surface area contributed by atoms with Crippen LogP contribution in [-0.2, 0) is 4.79 Å². The number of aryl methyl sites for hydroxylation is 1. The minimum absolute atomic E-state index is 0.00372. The first kappa shape index (κ1) is 23.8. The van der Waals surface area contributed by atoms with E-state index in [0.29, 0.717) is 12.5 Å². The summed E-state index contributed by atoms with van der Waals surface area (Å²) in [5, 5.41) is 3.31. The molecule has 34 heavy (non-hydrogen) atoms. The molecule has 1 atom stereocenters. The summed E-state index contributed by atoms with van der Waals surface area (Å²) in [6, 6.07) is 21.6. The fraction of sp³-hybridized carbons (Fsp3) is 0.357. The van der Waals surface area contributed by atoms with Crippen molar-refractivity contribution in [1.82, 2.24) is 15.2 Å². The van der Waals surface area contributed by atoms with Crippen LogP contribution in [0, 0.1) is 12.8 Å². The average molecular weight is 460 g/mol. The second kappa shape index (κ2) is 11.7. The Morgan fingerprint density at radius 1 is 1.06 bits per heavy atom. The van der Waals surface area contributed by atoms with Crippen LogP contribution in [0.15, 0.2) is 72.9 Å². The van der Waals surface area contributed by atoms with Crippen molar-refractivity contribution in [1.29, 1.82) is 0 Å². The lowest BCUT2D eigenvalue weighted by molar-refractivity contribution is -0.127. The van der Waals surface area contributed by atoms with E-state index in [0.717, 1.165) is 54.9 Å². The Hall–Kier alpha value is -3.38. The van der Waals surface area contributed by atoms with Gasteiger partial charge < -0.3 is 14.8 Å². The van der Waals surface area contributed by atoms with E-state index in [1.807, 2.05) is 54.6 Å². The van der Waals surface area contributed by atoms with Gasteiger partial charge in [0.15, 0.2) is 0 Å². The molecule has 4 rings (SSSR count). The van der Waals surface area contributed by atoms with Crippen molar-refractivity contribution in [2.75, 3.05) is 33.4 Å². The Kier molecular flexibility index (Phi) is 8.15. The molecule has 2 aromatic carbocycles. The van der Waals surface area contributed by atoms with Crippen molar-refractivity contribution in [3.05, 3.63) is 89.6 Å². The molecule has 0 radical (unpaired) electrons. The quantitative estimate of drug-likeness (QED) is 0.514. The zero-order chi connectivity index (χ0) is 23.8. The summed E-state index contributed by atoms with van der Waals surface area (Å²) in [6.07, 6.45) is 3.47. The normalized spacial score (nSPS) is 15.5. The average Bonchev–Trinajstić information content (AvgIpc) is 2.89. The van der Waals surface area contributed by atoms with Crippen LogP contribution >= 0.6 is 0 Å². The number of hydrogen-bond acceptors (Lipinski definition) is 5. The van der Waals surface area contributed by atoms with E-state index in [9.17, 15) is 4.79 Å². The number of carbonyl (C=O) groups is 1. The van der Waals surface area contributed by atoms with Gasteiger partial charge in [-0.3, -0.25) is 9.69 Å². The fourth-order valence-electron chi connectivity index (χ4n) is 4.42. The molecule has 0 aliphatic carbocycles. The van der Waals surface area contributed by atoms with Gasteiger partial charge in [0.2, 0.25) is 11.8 Å². The van der Waals surface area contributed by atoms with Gasteiger partial charge in [-0.05, 0) is 67.7 Å². The minimum atomic E-state index is -0.246. The molecule has 0 saturated carbocycles. The highest BCUT2D eigenvalue weighted by Crippen LogP contribution is 2.27. The molecule has 1 aliphatic rings. The third-order valence-electron chi connectivity index (χ3n) is 6.47. The number of benzene rings is 2. The summed E-state index contributed by atoms with van der Waals surface area (Å²) in [4.78, 5) is 20.0. The molecule has 6 nitrogen and oxygen atoms in total. The van der Waals surface area contributed by atoms with Crippen molar-refractivity contribution in [3.8, 4) is 11.6 Å². The van der Waals surface area contributed by atoms with Gasteiger partial charge in [0.25, 0.3) is 0 Å². The number of likely N-dealkylation sites (tertiary alicyclic amines) is 1. The minimum Gasteiger partial charge on any atom is -0.492 e. The number of rotatable bonds is 9. The van der Waals surface area contributed by atoms with Gasteiger partial charge in [-0.1, -0.05) is 42.5 Å². The summed E-state index contributed by atoms with van der Waals surface area (Å²) in [5.74, 6) is 1.56. The van der Waals surface area contributed by atoms with Crippen molar-refractivity contribution in [2.45, 2.75) is 25.8 Å². The molecule has 1 unspecified atom stereocenters. The third-order valence-corrected chi connectivity index (χ3v) is 6.47. The maximum Gasteiger partial charge on any atom is 0.223 e. The molecule has 2 heterocycles. The first-order valence-electron chi connectivity index (χ1n) is 11.9. The van der Waals surface area contributed by atoms with Crippen LogP contribution in [0.4, 0.5) is 0 Å². The number of aromatic nitrogens is 1. The van der Waals surface area contributed by atoms with Crippen LogP contribution in [0.1, 0.15) is 35.6 Å². The molecule has 0 spiro atoms. The number of methoxy groups -OCH3 is 1. The fourth-order valence-corrected chi connectivity index (χ4v) is 4.42. The van der Waals surface area contributed by atoms with Crippen molar-refractivity contribution < 1.29 is 14.3 Å². The Labute approximate surface area is 201 Å². The molecule has 1 saturated heterocycles. The summed E-state index contributed by atoms with van der Waals surface area (Å²) in [5.41, 5.74) is 3.16. The maximum absolute atomic E-state index is 13.3. The Morgan fingerprint density at radius 2 is 1.79 bits per heavy atom. The predicted octanol–water partition coefficient (Wildman–Crippen LogP) is 4.40. The van der Waals surface area contributed by atoms with Crippen LogP contribution in [0.25, 0.3) is 0 Å². The molecule has 1 aromatic heterocycles. The number of amides is 1. The number of hydrogen-bond donors (Lipinski definition) is 1. The zero-order valence-corrected chi connectivity index (χ0v) is 19.9. The van der Waals surface area contributed by atoms with Crippen LogP contribution in [0.3, 0.4) is 0 Å². The highest BCUT2D eigenvalue weighted by molar-refractivity contribution is 5.79. The van der Waals surface area contributed by atoms with E-state index >= 15 is 0 Å². The van der Waals surface area contributed by atoms with Crippen LogP contribution in [-0.4, -0.2) is 49.1 Å². The first-order valence-corrected chi connectivity index (χ1v) is 11.9. The molecular weight excluding hydrogens is 426 g/mol. The van der Waals surface area contributed by atoms with E-state index in [1.165, 1.54) is 0 Å². The van der Waals surface area contributed by atoms with Gasteiger partial charge in [-0.25, -0.2) is 4.98 Å². The zero-order valence-electron chi connectivity index (χ0n) is 19.9. The number of carbonyl (C=O) groups excluding carboxylic acids is 1. The second-order valence-electron chi connectivity index (χ2n) is 8.71. The van der Waals surface area contributed by atoms with Gasteiger partial charge >= 0.3 is 0 Å². The molecule has 0 bridgehead atoms. The van der Waals surface area contributed by atoms with Gasteiger partial charge in [0.1, 0.15) is 12.4 Å². The molecule has 1 amide bonds. The standard InChI is InChI=1S/C28H33N3O3/c1-21-8-6-7-11-25(21)27(23-12-13-26(33-2)29-20-23)30-28(32)22-14-16-31(17-15-22)18-19-34-24-9-4-3-5-10-24/h3-13,20,22,27H,14-19H2,1-2H3,(H,30,32). The molecule has 3 aromatic rings. The summed E-state index contributed by atoms with van der Waals surface area (Å²) in [6.45, 7) is 5.39. The number of piperidine rings is 1. The highest BCUT2D eigenvalue weighted by Gasteiger charge is 2.28. The Bertz CT molecular complexity index is 1050. The first-order chi connectivity index (χ1) is 16.6. The van der Waals surface area contributed by atoms with E-state index in [1.54, 1.807) is 13.3 Å². The summed E-state index contributed by atoms with van der Waals surface area (Å²) < 4.78 is 11.0. The molecule has 6 heteroatoms. The number of ether oxygens (including phenoxy) is 2. The molecule has 178 valence electrons. The Balaban J connectivity index is 1.35. The number of pyridine rings is 1. The summed E-state index contributed by atoms with van der Waals surface area (Å²) >= 11 is 0. The SMILES string of the molecule is COc1ccc(C(NC(=O)C2CCN(CCOc3ccccc3)CC2)c2ccccc2C)cn1.